The van der Waals surface area contributed by atoms with Crippen molar-refractivity contribution >= 4 is 23.0 Å². The lowest BCUT2D eigenvalue weighted by Crippen LogP contribution is -1.88. The Morgan fingerprint density at radius 3 is 2.56 bits per heavy atom. The number of methoxy groups -OCH3 is 1. The van der Waals surface area contributed by atoms with Gasteiger partial charge in [0.25, 0.3) is 0 Å². The third-order valence-electron chi connectivity index (χ3n) is 3.93. The number of rotatable bonds is 4. The van der Waals surface area contributed by atoms with Crippen molar-refractivity contribution in [2.45, 2.75) is 13.8 Å². The van der Waals surface area contributed by atoms with Crippen LogP contribution in [0.2, 0.25) is 0 Å². The summed E-state index contributed by atoms with van der Waals surface area (Å²) in [7, 11) is 1.65. The lowest BCUT2D eigenvalue weighted by Gasteiger charge is -2.05. The quantitative estimate of drug-likeness (QED) is 0.586. The summed E-state index contributed by atoms with van der Waals surface area (Å²) in [6.45, 7) is 4.05. The van der Waals surface area contributed by atoms with Gasteiger partial charge in [0.2, 0.25) is 0 Å². The third-order valence-corrected chi connectivity index (χ3v) is 4.81. The molecule has 0 N–H and O–H groups in total. The van der Waals surface area contributed by atoms with Crippen LogP contribution in [-0.4, -0.2) is 12.1 Å². The van der Waals surface area contributed by atoms with E-state index in [-0.39, 0.29) is 0 Å². The van der Waals surface area contributed by atoms with Gasteiger partial charge in [-0.05, 0) is 43.2 Å². The van der Waals surface area contributed by atoms with E-state index in [0.717, 1.165) is 33.1 Å². The average Bonchev–Trinajstić information content (AvgIpc) is 3.10. The minimum Gasteiger partial charge on any atom is -0.496 e. The first-order chi connectivity index (χ1) is 12.1. The largest absolute Gasteiger partial charge is 0.496 e. The molecular formula is C21H18N2OS. The summed E-state index contributed by atoms with van der Waals surface area (Å²) in [5.74, 6) is 0.839. The van der Waals surface area contributed by atoms with Crippen LogP contribution in [0.5, 0.6) is 5.75 Å². The molecular weight excluding hydrogens is 328 g/mol. The minimum atomic E-state index is 0.563. The first kappa shape index (κ1) is 16.9. The zero-order valence-electron chi connectivity index (χ0n) is 14.4. The second-order valence-corrected chi connectivity index (χ2v) is 6.66. The van der Waals surface area contributed by atoms with Gasteiger partial charge in [-0.1, -0.05) is 35.9 Å². The van der Waals surface area contributed by atoms with Gasteiger partial charge < -0.3 is 4.74 Å². The first-order valence-corrected chi connectivity index (χ1v) is 8.78. The molecule has 0 unspecified atom stereocenters. The van der Waals surface area contributed by atoms with Crippen molar-refractivity contribution < 1.29 is 4.74 Å². The molecule has 0 fully saturated rings. The van der Waals surface area contributed by atoms with Crippen LogP contribution in [0.15, 0.2) is 47.8 Å². The molecule has 0 aliphatic rings. The van der Waals surface area contributed by atoms with Gasteiger partial charge in [-0.15, -0.1) is 11.3 Å². The molecule has 0 spiro atoms. The highest BCUT2D eigenvalue weighted by atomic mass is 32.1. The Labute approximate surface area is 151 Å². The fraction of sp³-hybridized carbons (Fsp3) is 0.143. The maximum atomic E-state index is 9.55. The molecule has 0 saturated carbocycles. The van der Waals surface area contributed by atoms with Gasteiger partial charge in [-0.2, -0.15) is 5.26 Å². The number of ether oxygens (including phenoxy) is 1. The molecule has 0 radical (unpaired) electrons. The molecule has 1 heterocycles. The SMILES string of the molecule is COc1ccc(/C=C(\C#N)c2nc(-c3ccc(C)cc3)cs2)cc1C. The minimum absolute atomic E-state index is 0.563. The summed E-state index contributed by atoms with van der Waals surface area (Å²) >= 11 is 1.49. The maximum absolute atomic E-state index is 9.55. The maximum Gasteiger partial charge on any atom is 0.134 e. The molecule has 0 saturated heterocycles. The van der Waals surface area contributed by atoms with E-state index in [1.807, 2.05) is 36.6 Å². The van der Waals surface area contributed by atoms with Crippen LogP contribution in [0.4, 0.5) is 0 Å². The summed E-state index contributed by atoms with van der Waals surface area (Å²) in [5.41, 5.74) is 5.73. The Balaban J connectivity index is 1.92. The predicted octanol–water partition coefficient (Wildman–Crippen LogP) is 5.50. The number of nitriles is 1. The Kier molecular flexibility index (Phi) is 4.97. The monoisotopic (exact) mass is 346 g/mol. The van der Waals surface area contributed by atoms with E-state index >= 15 is 0 Å². The van der Waals surface area contributed by atoms with Crippen molar-refractivity contribution in [2.24, 2.45) is 0 Å². The van der Waals surface area contributed by atoms with Crippen LogP contribution in [0, 0.1) is 25.2 Å². The number of thiazole rings is 1. The van der Waals surface area contributed by atoms with Crippen LogP contribution in [-0.2, 0) is 0 Å². The molecule has 0 atom stereocenters. The summed E-state index contributed by atoms with van der Waals surface area (Å²) in [4.78, 5) is 4.64. The predicted molar refractivity (Wildman–Crippen MR) is 104 cm³/mol. The van der Waals surface area contributed by atoms with Crippen LogP contribution < -0.4 is 4.74 Å². The summed E-state index contributed by atoms with van der Waals surface area (Å²) < 4.78 is 5.28. The van der Waals surface area contributed by atoms with Gasteiger partial charge >= 0.3 is 0 Å². The van der Waals surface area contributed by atoms with Crippen molar-refractivity contribution in [1.82, 2.24) is 4.98 Å². The fourth-order valence-electron chi connectivity index (χ4n) is 2.55. The molecule has 3 rings (SSSR count). The van der Waals surface area contributed by atoms with Crippen molar-refractivity contribution in [1.29, 1.82) is 5.26 Å². The molecule has 3 nitrogen and oxygen atoms in total. The van der Waals surface area contributed by atoms with E-state index in [2.05, 4.69) is 42.2 Å². The number of aromatic nitrogens is 1. The molecule has 0 aliphatic carbocycles. The van der Waals surface area contributed by atoms with Crippen molar-refractivity contribution in [2.75, 3.05) is 7.11 Å². The average molecular weight is 346 g/mol. The Hall–Kier alpha value is -2.90. The smallest absolute Gasteiger partial charge is 0.134 e. The van der Waals surface area contributed by atoms with Gasteiger partial charge in [0.1, 0.15) is 16.8 Å². The van der Waals surface area contributed by atoms with E-state index < -0.39 is 0 Å². The highest BCUT2D eigenvalue weighted by molar-refractivity contribution is 7.11. The normalized spacial score (nSPS) is 11.2. The number of benzene rings is 2. The van der Waals surface area contributed by atoms with E-state index in [1.54, 1.807) is 7.11 Å². The lowest BCUT2D eigenvalue weighted by atomic mass is 10.1. The summed E-state index contributed by atoms with van der Waals surface area (Å²) in [5, 5.41) is 12.3. The number of nitrogens with zero attached hydrogens (tertiary/aromatic N) is 2. The zero-order valence-corrected chi connectivity index (χ0v) is 15.2. The highest BCUT2D eigenvalue weighted by Gasteiger charge is 2.09. The zero-order chi connectivity index (χ0) is 17.8. The number of hydrogen-bond donors (Lipinski definition) is 0. The molecule has 0 bridgehead atoms. The van der Waals surface area contributed by atoms with E-state index in [4.69, 9.17) is 4.74 Å². The Morgan fingerprint density at radius 1 is 1.16 bits per heavy atom. The van der Waals surface area contributed by atoms with Crippen LogP contribution >= 0.6 is 11.3 Å². The standard InChI is InChI=1S/C21H18N2OS/c1-14-4-7-17(8-5-14)19-13-25-21(23-19)18(12-22)11-16-6-9-20(24-3)15(2)10-16/h4-11,13H,1-3H3/b18-11+. The number of hydrogen-bond acceptors (Lipinski definition) is 4. The fourth-order valence-corrected chi connectivity index (χ4v) is 3.35. The molecule has 2 aromatic carbocycles. The summed E-state index contributed by atoms with van der Waals surface area (Å²) in [6, 6.07) is 16.4. The van der Waals surface area contributed by atoms with Crippen molar-refractivity contribution in [3.63, 3.8) is 0 Å². The van der Waals surface area contributed by atoms with Crippen LogP contribution in [0.25, 0.3) is 22.9 Å². The molecule has 1 aromatic heterocycles. The lowest BCUT2D eigenvalue weighted by molar-refractivity contribution is 0.411. The Bertz CT molecular complexity index is 962. The van der Waals surface area contributed by atoms with Crippen molar-refractivity contribution in [3.05, 3.63) is 69.5 Å². The van der Waals surface area contributed by atoms with Gasteiger partial charge in [-0.25, -0.2) is 4.98 Å². The van der Waals surface area contributed by atoms with E-state index in [0.29, 0.717) is 5.57 Å². The molecule has 25 heavy (non-hydrogen) atoms. The molecule has 4 heteroatoms. The van der Waals surface area contributed by atoms with Gasteiger partial charge in [0, 0.05) is 10.9 Å². The topological polar surface area (TPSA) is 45.9 Å². The van der Waals surface area contributed by atoms with Gasteiger partial charge in [-0.3, -0.25) is 0 Å². The second-order valence-electron chi connectivity index (χ2n) is 5.80. The number of aryl methyl sites for hydroxylation is 2. The van der Waals surface area contributed by atoms with Gasteiger partial charge in [0.15, 0.2) is 0 Å². The number of allylic oxidation sites excluding steroid dienone is 1. The van der Waals surface area contributed by atoms with Crippen molar-refractivity contribution in [3.8, 4) is 23.1 Å². The summed E-state index contributed by atoms with van der Waals surface area (Å²) in [6.07, 6.45) is 1.87. The van der Waals surface area contributed by atoms with E-state index in [1.165, 1.54) is 16.9 Å². The molecule has 0 aliphatic heterocycles. The second kappa shape index (κ2) is 7.33. The molecule has 0 amide bonds. The first-order valence-electron chi connectivity index (χ1n) is 7.90. The van der Waals surface area contributed by atoms with Crippen LogP contribution in [0.1, 0.15) is 21.7 Å². The van der Waals surface area contributed by atoms with E-state index in [9.17, 15) is 5.26 Å². The highest BCUT2D eigenvalue weighted by Crippen LogP contribution is 2.28. The van der Waals surface area contributed by atoms with Crippen LogP contribution in [0.3, 0.4) is 0 Å². The third kappa shape index (κ3) is 3.78. The molecule has 3 aromatic rings. The molecule has 124 valence electrons. The Morgan fingerprint density at radius 2 is 1.92 bits per heavy atom. The van der Waals surface area contributed by atoms with Gasteiger partial charge in [0.05, 0.1) is 18.4 Å².